The van der Waals surface area contributed by atoms with Crippen LogP contribution >= 0.6 is 15.9 Å². The highest BCUT2D eigenvalue weighted by Gasteiger charge is 2.32. The van der Waals surface area contributed by atoms with Crippen LogP contribution in [-0.4, -0.2) is 19.2 Å². The molecule has 18 heavy (non-hydrogen) atoms. The highest BCUT2D eigenvalue weighted by atomic mass is 79.9. The number of allylic oxidation sites excluding steroid dienone is 1. The predicted octanol–water partition coefficient (Wildman–Crippen LogP) is 3.40. The highest BCUT2D eigenvalue weighted by Crippen LogP contribution is 2.34. The average molecular weight is 311 g/mol. The number of hydrogen-bond acceptors (Lipinski definition) is 3. The monoisotopic (exact) mass is 310 g/mol. The molecule has 0 bridgehead atoms. The van der Waals surface area contributed by atoms with E-state index in [0.29, 0.717) is 24.5 Å². The zero-order valence-corrected chi connectivity index (χ0v) is 12.0. The van der Waals surface area contributed by atoms with Crippen LogP contribution in [0.25, 0.3) is 0 Å². The first kappa shape index (κ1) is 13.1. The minimum absolute atomic E-state index is 0.0304. The topological polar surface area (TPSA) is 35.5 Å². The van der Waals surface area contributed by atoms with Crippen molar-refractivity contribution in [2.75, 3.05) is 13.2 Å². The number of ether oxygens (including phenoxy) is 2. The number of esters is 1. The first-order valence-corrected chi connectivity index (χ1v) is 6.69. The second-order valence-corrected chi connectivity index (χ2v) is 5.02. The third-order valence-corrected chi connectivity index (χ3v) is 3.49. The van der Waals surface area contributed by atoms with Gasteiger partial charge in [0.2, 0.25) is 0 Å². The molecule has 0 radical (unpaired) electrons. The third-order valence-electron chi connectivity index (χ3n) is 2.96. The Hall–Kier alpha value is -1.29. The molecule has 1 aliphatic rings. The Bertz CT molecular complexity index is 476. The molecule has 0 N–H and O–H groups in total. The molecule has 1 unspecified atom stereocenters. The molecule has 0 aliphatic carbocycles. The van der Waals surface area contributed by atoms with Gasteiger partial charge in [-0.1, -0.05) is 28.1 Å². The number of halogens is 1. The minimum Gasteiger partial charge on any atom is -0.497 e. The average Bonchev–Trinajstić information content (AvgIpc) is 2.72. The Morgan fingerprint density at radius 2 is 2.11 bits per heavy atom. The number of benzene rings is 1. The maximum atomic E-state index is 11.9. The van der Waals surface area contributed by atoms with Gasteiger partial charge in [0.15, 0.2) is 0 Å². The van der Waals surface area contributed by atoms with Crippen LogP contribution in [0.15, 0.2) is 40.1 Å². The maximum absolute atomic E-state index is 11.9. The summed E-state index contributed by atoms with van der Waals surface area (Å²) >= 11 is 3.40. The summed E-state index contributed by atoms with van der Waals surface area (Å²) in [6.07, 6.45) is 0. The summed E-state index contributed by atoms with van der Waals surface area (Å²) in [5, 5.41) is 0. The summed E-state index contributed by atoms with van der Waals surface area (Å²) < 4.78 is 11.6. The summed E-state index contributed by atoms with van der Waals surface area (Å²) in [7, 11) is 0. The molecule has 3 nitrogen and oxygen atoms in total. The molecular formula is C14H15BrO3. The third kappa shape index (κ3) is 2.58. The van der Waals surface area contributed by atoms with E-state index in [4.69, 9.17) is 9.47 Å². The van der Waals surface area contributed by atoms with E-state index >= 15 is 0 Å². The van der Waals surface area contributed by atoms with Crippen molar-refractivity contribution in [3.63, 3.8) is 0 Å². The molecule has 0 saturated heterocycles. The first-order chi connectivity index (χ1) is 8.63. The standard InChI is InChI=1S/C14H15BrO3/c1-3-17-14(16)13-9(2)18-8-12(13)10-4-6-11(15)7-5-10/h4-7,12H,3,8H2,1-2H3. The van der Waals surface area contributed by atoms with Crippen LogP contribution in [0.3, 0.4) is 0 Å². The number of carbonyl (C=O) groups excluding carboxylic acids is 1. The predicted molar refractivity (Wildman–Crippen MR) is 72.2 cm³/mol. The van der Waals surface area contributed by atoms with Crippen molar-refractivity contribution >= 4 is 21.9 Å². The van der Waals surface area contributed by atoms with Gasteiger partial charge >= 0.3 is 5.97 Å². The largest absolute Gasteiger partial charge is 0.497 e. The quantitative estimate of drug-likeness (QED) is 0.803. The van der Waals surface area contributed by atoms with Crippen molar-refractivity contribution in [1.29, 1.82) is 0 Å². The van der Waals surface area contributed by atoms with Crippen LogP contribution in [0.4, 0.5) is 0 Å². The van der Waals surface area contributed by atoms with Gasteiger partial charge in [-0.25, -0.2) is 4.79 Å². The van der Waals surface area contributed by atoms with Crippen LogP contribution in [0.1, 0.15) is 25.3 Å². The van der Waals surface area contributed by atoms with E-state index < -0.39 is 0 Å². The molecule has 4 heteroatoms. The van der Waals surface area contributed by atoms with E-state index in [1.807, 2.05) is 31.2 Å². The molecule has 0 amide bonds. The van der Waals surface area contributed by atoms with Gasteiger partial charge in [0, 0.05) is 4.47 Å². The van der Waals surface area contributed by atoms with E-state index in [-0.39, 0.29) is 11.9 Å². The number of carbonyl (C=O) groups is 1. The summed E-state index contributed by atoms with van der Waals surface area (Å²) in [5.41, 5.74) is 1.71. The molecule has 0 fully saturated rings. The molecule has 1 aliphatic heterocycles. The molecule has 1 heterocycles. The van der Waals surface area contributed by atoms with Crippen LogP contribution < -0.4 is 0 Å². The lowest BCUT2D eigenvalue weighted by Crippen LogP contribution is -2.14. The Balaban J connectivity index is 2.28. The van der Waals surface area contributed by atoms with Gasteiger partial charge in [0.05, 0.1) is 24.7 Å². The molecule has 0 spiro atoms. The van der Waals surface area contributed by atoms with Crippen molar-refractivity contribution < 1.29 is 14.3 Å². The van der Waals surface area contributed by atoms with E-state index in [1.165, 1.54) is 0 Å². The zero-order valence-electron chi connectivity index (χ0n) is 10.4. The van der Waals surface area contributed by atoms with Crippen LogP contribution in [0, 0.1) is 0 Å². The molecule has 2 rings (SSSR count). The van der Waals surface area contributed by atoms with Gasteiger partial charge in [-0.2, -0.15) is 0 Å². The van der Waals surface area contributed by atoms with Gasteiger partial charge in [-0.15, -0.1) is 0 Å². The highest BCUT2D eigenvalue weighted by molar-refractivity contribution is 9.10. The maximum Gasteiger partial charge on any atom is 0.338 e. The van der Waals surface area contributed by atoms with Gasteiger partial charge in [-0.3, -0.25) is 0 Å². The molecule has 96 valence electrons. The second kappa shape index (κ2) is 5.57. The Morgan fingerprint density at radius 3 is 2.72 bits per heavy atom. The summed E-state index contributed by atoms with van der Waals surface area (Å²) in [6, 6.07) is 7.92. The Morgan fingerprint density at radius 1 is 1.44 bits per heavy atom. The normalized spacial score (nSPS) is 18.7. The van der Waals surface area contributed by atoms with Gasteiger partial charge in [-0.05, 0) is 31.5 Å². The molecule has 1 atom stereocenters. The molecule has 0 saturated carbocycles. The summed E-state index contributed by atoms with van der Waals surface area (Å²) in [5.74, 6) is 0.360. The second-order valence-electron chi connectivity index (χ2n) is 4.11. The lowest BCUT2D eigenvalue weighted by molar-refractivity contribution is -0.138. The summed E-state index contributed by atoms with van der Waals surface area (Å²) in [4.78, 5) is 11.9. The smallest absolute Gasteiger partial charge is 0.338 e. The molecular weight excluding hydrogens is 296 g/mol. The Labute approximate surface area is 115 Å². The molecule has 1 aromatic rings. The number of hydrogen-bond donors (Lipinski definition) is 0. The fraction of sp³-hybridized carbons (Fsp3) is 0.357. The van der Waals surface area contributed by atoms with E-state index in [9.17, 15) is 4.79 Å². The zero-order chi connectivity index (χ0) is 13.1. The van der Waals surface area contributed by atoms with Crippen molar-refractivity contribution in [2.24, 2.45) is 0 Å². The van der Waals surface area contributed by atoms with Crippen molar-refractivity contribution in [3.05, 3.63) is 45.6 Å². The fourth-order valence-electron chi connectivity index (χ4n) is 2.07. The van der Waals surface area contributed by atoms with Crippen molar-refractivity contribution in [2.45, 2.75) is 19.8 Å². The summed E-state index contributed by atoms with van der Waals surface area (Å²) in [6.45, 7) is 4.49. The lowest BCUT2D eigenvalue weighted by Gasteiger charge is -2.12. The number of rotatable bonds is 3. The van der Waals surface area contributed by atoms with Crippen LogP contribution in [0.2, 0.25) is 0 Å². The van der Waals surface area contributed by atoms with Gasteiger partial charge < -0.3 is 9.47 Å². The Kier molecular flexibility index (Phi) is 4.07. The van der Waals surface area contributed by atoms with Crippen molar-refractivity contribution in [3.8, 4) is 0 Å². The van der Waals surface area contributed by atoms with E-state index in [0.717, 1.165) is 10.0 Å². The van der Waals surface area contributed by atoms with Crippen molar-refractivity contribution in [1.82, 2.24) is 0 Å². The van der Waals surface area contributed by atoms with E-state index in [1.54, 1.807) is 6.92 Å². The first-order valence-electron chi connectivity index (χ1n) is 5.89. The van der Waals surface area contributed by atoms with Gasteiger partial charge in [0.25, 0.3) is 0 Å². The minimum atomic E-state index is -0.277. The molecule has 0 aromatic heterocycles. The van der Waals surface area contributed by atoms with Crippen LogP contribution in [-0.2, 0) is 14.3 Å². The molecule has 1 aromatic carbocycles. The lowest BCUT2D eigenvalue weighted by atomic mass is 9.93. The fourth-order valence-corrected chi connectivity index (χ4v) is 2.33. The van der Waals surface area contributed by atoms with Gasteiger partial charge in [0.1, 0.15) is 5.76 Å². The van der Waals surface area contributed by atoms with E-state index in [2.05, 4.69) is 15.9 Å². The van der Waals surface area contributed by atoms with Crippen LogP contribution in [0.5, 0.6) is 0 Å². The SMILES string of the molecule is CCOC(=O)C1=C(C)OCC1c1ccc(Br)cc1.